The van der Waals surface area contributed by atoms with Crippen LogP contribution in [-0.2, 0) is 10.2 Å². The summed E-state index contributed by atoms with van der Waals surface area (Å²) in [7, 11) is -2.08. The summed E-state index contributed by atoms with van der Waals surface area (Å²) in [6.45, 7) is 3.57. The molecule has 8 heteroatoms. The molecular formula is C11H17N3O3S2. The van der Waals surface area contributed by atoms with Crippen LogP contribution in [0.5, 0.6) is 0 Å². The lowest BCUT2D eigenvalue weighted by molar-refractivity contribution is 0.305. The molecule has 1 aromatic heterocycles. The third-order valence-corrected chi connectivity index (χ3v) is 4.87. The van der Waals surface area contributed by atoms with Gasteiger partial charge in [0.2, 0.25) is 0 Å². The van der Waals surface area contributed by atoms with Gasteiger partial charge in [-0.15, -0.1) is 0 Å². The predicted molar refractivity (Wildman–Crippen MR) is 76.1 cm³/mol. The Hall–Kier alpha value is -1.14. The van der Waals surface area contributed by atoms with E-state index in [-0.39, 0.29) is 17.8 Å². The van der Waals surface area contributed by atoms with E-state index in [1.54, 1.807) is 13.8 Å². The largest absolute Gasteiger partial charge is 0.395 e. The first-order valence-electron chi connectivity index (χ1n) is 5.68. The highest BCUT2D eigenvalue weighted by Crippen LogP contribution is 2.19. The van der Waals surface area contributed by atoms with Crippen molar-refractivity contribution >= 4 is 26.7 Å². The van der Waals surface area contributed by atoms with Crippen molar-refractivity contribution in [3.63, 3.8) is 0 Å². The van der Waals surface area contributed by atoms with Gasteiger partial charge in [0.1, 0.15) is 0 Å². The molecule has 1 aromatic rings. The quantitative estimate of drug-likeness (QED) is 0.791. The molecule has 0 aliphatic heterocycles. The maximum absolute atomic E-state index is 11.9. The lowest BCUT2D eigenvalue weighted by Crippen LogP contribution is -2.37. The normalized spacial score (nSPS) is 11.5. The smallest absolute Gasteiger partial charge is 0.303 e. The van der Waals surface area contributed by atoms with E-state index in [4.69, 9.17) is 5.11 Å². The molecule has 19 heavy (non-hydrogen) atoms. The Labute approximate surface area is 117 Å². The minimum atomic E-state index is -3.58. The van der Waals surface area contributed by atoms with E-state index in [0.717, 1.165) is 11.3 Å². The van der Waals surface area contributed by atoms with E-state index in [1.165, 1.54) is 17.5 Å². The van der Waals surface area contributed by atoms with Crippen LogP contribution in [0.2, 0.25) is 0 Å². The summed E-state index contributed by atoms with van der Waals surface area (Å²) in [4.78, 5) is 4.61. The van der Waals surface area contributed by atoms with E-state index in [0.29, 0.717) is 11.3 Å². The van der Waals surface area contributed by atoms with Gasteiger partial charge in [0.25, 0.3) is 0 Å². The number of nitrogens with one attached hydrogen (secondary N) is 1. The highest BCUT2D eigenvalue weighted by molar-refractivity contribution is 7.90. The Bertz CT molecular complexity index is 569. The fourth-order valence-electron chi connectivity index (χ4n) is 1.04. The topological polar surface area (TPSA) is 82.5 Å². The van der Waals surface area contributed by atoms with E-state index in [2.05, 4.69) is 21.5 Å². The van der Waals surface area contributed by atoms with Crippen molar-refractivity contribution in [1.29, 1.82) is 0 Å². The van der Waals surface area contributed by atoms with Crippen molar-refractivity contribution in [2.24, 2.45) is 0 Å². The second kappa shape index (κ2) is 6.86. The Balaban J connectivity index is 2.77. The Kier molecular flexibility index (Phi) is 5.75. The summed E-state index contributed by atoms with van der Waals surface area (Å²) >= 11 is 1.16. The molecule has 0 aliphatic rings. The number of rotatable bonds is 5. The van der Waals surface area contributed by atoms with Crippen molar-refractivity contribution < 1.29 is 13.5 Å². The average Bonchev–Trinajstić information content (AvgIpc) is 2.75. The second-order valence-corrected chi connectivity index (χ2v) is 6.78. The van der Waals surface area contributed by atoms with Gasteiger partial charge in [-0.05, 0) is 13.8 Å². The monoisotopic (exact) mass is 303 g/mol. The van der Waals surface area contributed by atoms with Crippen LogP contribution in [0.15, 0.2) is 6.20 Å². The number of hydrogen-bond acceptors (Lipinski definition) is 5. The molecule has 2 N–H and O–H groups in total. The van der Waals surface area contributed by atoms with Crippen molar-refractivity contribution in [3.05, 3.63) is 11.1 Å². The molecule has 106 valence electrons. The van der Waals surface area contributed by atoms with Crippen LogP contribution in [0, 0.1) is 11.8 Å². The molecule has 0 amide bonds. The molecule has 0 radical (unpaired) electrons. The average molecular weight is 303 g/mol. The maximum Gasteiger partial charge on any atom is 0.303 e. The summed E-state index contributed by atoms with van der Waals surface area (Å²) in [5.41, 5.74) is 0. The zero-order chi connectivity index (χ0) is 14.5. The van der Waals surface area contributed by atoms with Crippen molar-refractivity contribution in [2.45, 2.75) is 26.3 Å². The summed E-state index contributed by atoms with van der Waals surface area (Å²) in [6.07, 6.45) is 1.89. The third-order valence-electron chi connectivity index (χ3n) is 2.28. The first-order chi connectivity index (χ1) is 8.86. The van der Waals surface area contributed by atoms with E-state index in [9.17, 15) is 8.42 Å². The molecule has 0 unspecified atom stereocenters. The van der Waals surface area contributed by atoms with E-state index < -0.39 is 10.2 Å². The van der Waals surface area contributed by atoms with Gasteiger partial charge >= 0.3 is 10.2 Å². The highest BCUT2D eigenvalue weighted by Gasteiger charge is 2.21. The number of anilines is 1. The predicted octanol–water partition coefficient (Wildman–Crippen LogP) is 0.874. The minimum Gasteiger partial charge on any atom is -0.395 e. The highest BCUT2D eigenvalue weighted by atomic mass is 32.2. The molecule has 0 atom stereocenters. The first kappa shape index (κ1) is 15.9. The van der Waals surface area contributed by atoms with Crippen molar-refractivity contribution in [2.75, 3.05) is 18.4 Å². The van der Waals surface area contributed by atoms with Gasteiger partial charge in [0.05, 0.1) is 17.7 Å². The summed E-state index contributed by atoms with van der Waals surface area (Å²) in [6, 6.07) is -0.138. The zero-order valence-corrected chi connectivity index (χ0v) is 12.7. The molecule has 0 spiro atoms. The Morgan fingerprint density at radius 2 is 2.26 bits per heavy atom. The number of thiazole rings is 1. The molecular weight excluding hydrogens is 286 g/mol. The van der Waals surface area contributed by atoms with Crippen LogP contribution in [0.3, 0.4) is 0 Å². The molecule has 0 bridgehead atoms. The maximum atomic E-state index is 11.9. The van der Waals surface area contributed by atoms with Crippen LogP contribution in [0.4, 0.5) is 5.13 Å². The Morgan fingerprint density at radius 1 is 1.58 bits per heavy atom. The van der Waals surface area contributed by atoms with Gasteiger partial charge in [-0.3, -0.25) is 0 Å². The van der Waals surface area contributed by atoms with Crippen LogP contribution in [-0.4, -0.2) is 42.5 Å². The first-order valence-corrected chi connectivity index (χ1v) is 7.94. The molecule has 0 aliphatic carbocycles. The Morgan fingerprint density at radius 3 is 2.84 bits per heavy atom. The van der Waals surface area contributed by atoms with Crippen molar-refractivity contribution in [3.8, 4) is 11.8 Å². The standard InChI is InChI=1S/C11H17N3O3S2/c1-9(2)14(3)19(16,17)13-11-12-8-10(18-11)6-4-5-7-15/h8-9,15H,5,7H2,1-3H3,(H,12,13). The van der Waals surface area contributed by atoms with Crippen LogP contribution in [0.1, 0.15) is 25.1 Å². The zero-order valence-electron chi connectivity index (χ0n) is 11.0. The lowest BCUT2D eigenvalue weighted by atomic mass is 10.4. The molecule has 0 saturated carbocycles. The van der Waals surface area contributed by atoms with Crippen LogP contribution >= 0.6 is 11.3 Å². The van der Waals surface area contributed by atoms with Gasteiger partial charge in [-0.25, -0.2) is 9.71 Å². The SMILES string of the molecule is CC(C)N(C)S(=O)(=O)Nc1ncc(C#CCCO)s1. The second-order valence-electron chi connectivity index (χ2n) is 4.02. The van der Waals surface area contributed by atoms with E-state index in [1.807, 2.05) is 0 Å². The molecule has 1 rings (SSSR count). The fraction of sp³-hybridized carbons (Fsp3) is 0.545. The fourth-order valence-corrected chi connectivity index (χ4v) is 3.04. The summed E-state index contributed by atoms with van der Waals surface area (Å²) < 4.78 is 27.5. The summed E-state index contributed by atoms with van der Waals surface area (Å²) in [5.74, 6) is 5.55. The van der Waals surface area contributed by atoms with Gasteiger partial charge in [-0.2, -0.15) is 12.7 Å². The lowest BCUT2D eigenvalue weighted by Gasteiger charge is -2.20. The molecule has 0 saturated heterocycles. The number of aliphatic hydroxyl groups is 1. The van der Waals surface area contributed by atoms with Crippen LogP contribution in [0.25, 0.3) is 0 Å². The third kappa shape index (κ3) is 4.80. The van der Waals surface area contributed by atoms with Gasteiger partial charge in [0, 0.05) is 19.5 Å². The molecule has 6 nitrogen and oxygen atoms in total. The molecule has 0 aromatic carbocycles. The summed E-state index contributed by atoms with van der Waals surface area (Å²) in [5, 5.41) is 8.88. The van der Waals surface area contributed by atoms with Gasteiger partial charge in [0.15, 0.2) is 5.13 Å². The van der Waals surface area contributed by atoms with Gasteiger partial charge < -0.3 is 5.11 Å². The molecule has 1 heterocycles. The number of hydrogen-bond donors (Lipinski definition) is 2. The van der Waals surface area contributed by atoms with Gasteiger partial charge in [-0.1, -0.05) is 23.2 Å². The van der Waals surface area contributed by atoms with E-state index >= 15 is 0 Å². The number of aliphatic hydroxyl groups excluding tert-OH is 1. The van der Waals surface area contributed by atoms with Crippen LogP contribution < -0.4 is 4.72 Å². The minimum absolute atomic E-state index is 0.00444. The number of nitrogens with zero attached hydrogens (tertiary/aromatic N) is 2. The number of aromatic nitrogens is 1. The molecule has 0 fully saturated rings. The van der Waals surface area contributed by atoms with Crippen molar-refractivity contribution in [1.82, 2.24) is 9.29 Å².